The SMILES string of the molecule is CN(C(=O)c1ccc(C#CCN)c(Cl)c1)C1CCSC1. The molecule has 1 unspecified atom stereocenters. The lowest BCUT2D eigenvalue weighted by Crippen LogP contribution is -2.36. The molecule has 0 saturated carbocycles. The highest BCUT2D eigenvalue weighted by Crippen LogP contribution is 2.24. The molecule has 0 aliphatic carbocycles. The normalized spacial score (nSPS) is 17.4. The Morgan fingerprint density at radius 1 is 1.60 bits per heavy atom. The van der Waals surface area contributed by atoms with Crippen molar-refractivity contribution in [2.45, 2.75) is 12.5 Å². The summed E-state index contributed by atoms with van der Waals surface area (Å²) in [6, 6.07) is 5.55. The first-order valence-corrected chi connectivity index (χ1v) is 8.00. The molecule has 20 heavy (non-hydrogen) atoms. The standard InChI is InChI=1S/C15H17ClN2OS/c1-18(13-6-8-20-10-13)15(19)12-5-4-11(3-2-7-17)14(16)9-12/h4-5,9,13H,6-8,10,17H2,1H3. The van der Waals surface area contributed by atoms with Crippen LogP contribution in [0.15, 0.2) is 18.2 Å². The summed E-state index contributed by atoms with van der Waals surface area (Å²) >= 11 is 8.04. The number of thioether (sulfide) groups is 1. The van der Waals surface area contributed by atoms with Gasteiger partial charge in [-0.1, -0.05) is 23.4 Å². The number of carbonyl (C=O) groups excluding carboxylic acids is 1. The molecule has 0 spiro atoms. The van der Waals surface area contributed by atoms with Gasteiger partial charge in [-0.3, -0.25) is 4.79 Å². The van der Waals surface area contributed by atoms with E-state index in [0.29, 0.717) is 28.7 Å². The number of rotatable bonds is 2. The number of nitrogens with two attached hydrogens (primary N) is 1. The Morgan fingerprint density at radius 2 is 2.40 bits per heavy atom. The number of carbonyl (C=O) groups is 1. The van der Waals surface area contributed by atoms with Crippen LogP contribution in [0, 0.1) is 11.8 Å². The summed E-state index contributed by atoms with van der Waals surface area (Å²) in [6.45, 7) is 0.291. The fourth-order valence-corrected chi connectivity index (χ4v) is 3.59. The van der Waals surface area contributed by atoms with E-state index in [2.05, 4.69) is 11.8 Å². The quantitative estimate of drug-likeness (QED) is 0.852. The van der Waals surface area contributed by atoms with Crippen molar-refractivity contribution in [3.05, 3.63) is 34.3 Å². The summed E-state index contributed by atoms with van der Waals surface area (Å²) in [5, 5.41) is 0.492. The third-order valence-electron chi connectivity index (χ3n) is 3.31. The van der Waals surface area contributed by atoms with Crippen molar-refractivity contribution in [2.75, 3.05) is 25.1 Å². The topological polar surface area (TPSA) is 46.3 Å². The van der Waals surface area contributed by atoms with E-state index < -0.39 is 0 Å². The Morgan fingerprint density at radius 3 is 3.00 bits per heavy atom. The van der Waals surface area contributed by atoms with Crippen LogP contribution in [0.3, 0.4) is 0 Å². The fraction of sp³-hybridized carbons (Fsp3) is 0.400. The molecule has 1 amide bonds. The van der Waals surface area contributed by atoms with Crippen LogP contribution in [0.25, 0.3) is 0 Å². The summed E-state index contributed by atoms with van der Waals surface area (Å²) in [6.07, 6.45) is 1.06. The summed E-state index contributed by atoms with van der Waals surface area (Å²) in [4.78, 5) is 14.2. The third kappa shape index (κ3) is 3.49. The smallest absolute Gasteiger partial charge is 0.253 e. The number of hydrogen-bond donors (Lipinski definition) is 1. The molecule has 1 aromatic carbocycles. The van der Waals surface area contributed by atoms with Crippen LogP contribution in [0.2, 0.25) is 5.02 Å². The number of halogens is 1. The van der Waals surface area contributed by atoms with Crippen LogP contribution >= 0.6 is 23.4 Å². The number of hydrogen-bond acceptors (Lipinski definition) is 3. The average molecular weight is 309 g/mol. The second-order valence-electron chi connectivity index (χ2n) is 4.63. The van der Waals surface area contributed by atoms with Crippen LogP contribution in [0.5, 0.6) is 0 Å². The van der Waals surface area contributed by atoms with Gasteiger partial charge in [0.25, 0.3) is 5.91 Å². The fourth-order valence-electron chi connectivity index (χ4n) is 2.09. The molecule has 1 aromatic rings. The molecular formula is C15H17ClN2OS. The average Bonchev–Trinajstić information content (AvgIpc) is 2.98. The zero-order chi connectivity index (χ0) is 14.5. The predicted octanol–water partition coefficient (Wildman–Crippen LogP) is 2.23. The highest BCUT2D eigenvalue weighted by Gasteiger charge is 2.24. The van der Waals surface area contributed by atoms with Gasteiger partial charge in [-0.05, 0) is 30.4 Å². The van der Waals surface area contributed by atoms with Crippen LogP contribution in [0.4, 0.5) is 0 Å². The van der Waals surface area contributed by atoms with Gasteiger partial charge >= 0.3 is 0 Å². The van der Waals surface area contributed by atoms with Gasteiger partial charge in [0.2, 0.25) is 0 Å². The maximum atomic E-state index is 12.4. The molecule has 0 bridgehead atoms. The monoisotopic (exact) mass is 308 g/mol. The minimum absolute atomic E-state index is 0.0118. The summed E-state index contributed by atoms with van der Waals surface area (Å²) in [7, 11) is 1.86. The van der Waals surface area contributed by atoms with Crippen LogP contribution < -0.4 is 5.73 Å². The van der Waals surface area contributed by atoms with Gasteiger partial charge in [0.15, 0.2) is 0 Å². The minimum Gasteiger partial charge on any atom is -0.338 e. The van der Waals surface area contributed by atoms with E-state index in [0.717, 1.165) is 17.9 Å². The van der Waals surface area contributed by atoms with Gasteiger partial charge in [-0.2, -0.15) is 11.8 Å². The second-order valence-corrected chi connectivity index (χ2v) is 6.19. The Balaban J connectivity index is 2.16. The first kappa shape index (κ1) is 15.2. The minimum atomic E-state index is 0.0118. The lowest BCUT2D eigenvalue weighted by Gasteiger charge is -2.24. The number of nitrogens with zero attached hydrogens (tertiary/aromatic N) is 1. The summed E-state index contributed by atoms with van der Waals surface area (Å²) in [5.41, 5.74) is 6.64. The van der Waals surface area contributed by atoms with Crippen molar-refractivity contribution in [1.29, 1.82) is 0 Å². The van der Waals surface area contributed by atoms with Crippen molar-refractivity contribution >= 4 is 29.3 Å². The van der Waals surface area contributed by atoms with E-state index in [1.807, 2.05) is 23.7 Å². The van der Waals surface area contributed by atoms with Gasteiger partial charge in [0, 0.05) is 30.0 Å². The second kappa shape index (κ2) is 7.03. The molecule has 0 radical (unpaired) electrons. The van der Waals surface area contributed by atoms with Crippen molar-refractivity contribution in [3.8, 4) is 11.8 Å². The summed E-state index contributed by atoms with van der Waals surface area (Å²) < 4.78 is 0. The molecule has 1 fully saturated rings. The Labute approximate surface area is 128 Å². The van der Waals surface area contributed by atoms with E-state index in [1.54, 1.807) is 18.2 Å². The lowest BCUT2D eigenvalue weighted by molar-refractivity contribution is 0.0748. The molecule has 3 nitrogen and oxygen atoms in total. The van der Waals surface area contributed by atoms with Crippen LogP contribution in [-0.2, 0) is 0 Å². The molecule has 2 rings (SSSR count). The molecule has 2 N–H and O–H groups in total. The molecule has 1 saturated heterocycles. The van der Waals surface area contributed by atoms with Crippen molar-refractivity contribution in [3.63, 3.8) is 0 Å². The van der Waals surface area contributed by atoms with Crippen molar-refractivity contribution in [2.24, 2.45) is 5.73 Å². The maximum Gasteiger partial charge on any atom is 0.253 e. The first-order valence-electron chi connectivity index (χ1n) is 6.47. The molecule has 1 heterocycles. The first-order chi connectivity index (χ1) is 9.63. The Hall–Kier alpha value is -1.15. The van der Waals surface area contributed by atoms with Crippen LogP contribution in [-0.4, -0.2) is 41.9 Å². The van der Waals surface area contributed by atoms with Crippen molar-refractivity contribution in [1.82, 2.24) is 4.90 Å². The van der Waals surface area contributed by atoms with E-state index in [9.17, 15) is 4.79 Å². The van der Waals surface area contributed by atoms with Gasteiger partial charge < -0.3 is 10.6 Å². The predicted molar refractivity (Wildman–Crippen MR) is 85.2 cm³/mol. The molecule has 1 aliphatic heterocycles. The van der Waals surface area contributed by atoms with E-state index >= 15 is 0 Å². The number of benzene rings is 1. The third-order valence-corrected chi connectivity index (χ3v) is 4.77. The van der Waals surface area contributed by atoms with Gasteiger partial charge in [0.1, 0.15) is 0 Å². The molecule has 5 heteroatoms. The Kier molecular flexibility index (Phi) is 5.36. The highest BCUT2D eigenvalue weighted by atomic mass is 35.5. The molecule has 1 aliphatic rings. The molecular weight excluding hydrogens is 292 g/mol. The lowest BCUT2D eigenvalue weighted by atomic mass is 10.1. The molecule has 0 aromatic heterocycles. The zero-order valence-electron chi connectivity index (χ0n) is 11.4. The van der Waals surface area contributed by atoms with Crippen molar-refractivity contribution < 1.29 is 4.79 Å². The largest absolute Gasteiger partial charge is 0.338 e. The molecule has 1 atom stereocenters. The maximum absolute atomic E-state index is 12.4. The number of amides is 1. The zero-order valence-corrected chi connectivity index (χ0v) is 12.9. The van der Waals surface area contributed by atoms with Gasteiger partial charge in [-0.25, -0.2) is 0 Å². The van der Waals surface area contributed by atoms with Gasteiger partial charge in [-0.15, -0.1) is 0 Å². The van der Waals surface area contributed by atoms with E-state index in [4.69, 9.17) is 17.3 Å². The van der Waals surface area contributed by atoms with E-state index in [1.165, 1.54) is 0 Å². The molecule has 106 valence electrons. The highest BCUT2D eigenvalue weighted by molar-refractivity contribution is 7.99. The summed E-state index contributed by atoms with van der Waals surface area (Å²) in [5.74, 6) is 7.79. The Bertz CT molecular complexity index is 559. The van der Waals surface area contributed by atoms with Gasteiger partial charge in [0.05, 0.1) is 11.6 Å². The van der Waals surface area contributed by atoms with E-state index in [-0.39, 0.29) is 5.91 Å². The van der Waals surface area contributed by atoms with Crippen LogP contribution in [0.1, 0.15) is 22.3 Å².